The van der Waals surface area contributed by atoms with E-state index in [9.17, 15) is 4.21 Å². The van der Waals surface area contributed by atoms with Crippen LogP contribution in [0.15, 0.2) is 45.8 Å². The molecule has 0 heterocycles. The molecule has 2 rings (SSSR count). The topological polar surface area (TPSA) is 43.1 Å². The van der Waals surface area contributed by atoms with Crippen LogP contribution in [0.2, 0.25) is 0 Å². The van der Waals surface area contributed by atoms with Gasteiger partial charge in [-0.25, -0.2) is 0 Å². The van der Waals surface area contributed by atoms with E-state index >= 15 is 0 Å². The lowest BCUT2D eigenvalue weighted by Gasteiger charge is -2.07. The van der Waals surface area contributed by atoms with Crippen molar-refractivity contribution in [1.82, 2.24) is 0 Å². The van der Waals surface area contributed by atoms with E-state index in [4.69, 9.17) is 5.73 Å². The van der Waals surface area contributed by atoms with Gasteiger partial charge >= 0.3 is 0 Å². The number of anilines is 1. The van der Waals surface area contributed by atoms with E-state index in [0.717, 1.165) is 14.9 Å². The third-order valence-corrected chi connectivity index (χ3v) is 5.20. The molecule has 1 atom stereocenters. The first-order chi connectivity index (χ1) is 8.97. The highest BCUT2D eigenvalue weighted by atomic mass is 79.9. The Labute approximate surface area is 124 Å². The maximum absolute atomic E-state index is 12.3. The van der Waals surface area contributed by atoms with Gasteiger partial charge in [-0.1, -0.05) is 12.1 Å². The van der Waals surface area contributed by atoms with Crippen molar-refractivity contribution in [2.45, 2.75) is 24.5 Å². The van der Waals surface area contributed by atoms with Crippen molar-refractivity contribution in [3.63, 3.8) is 0 Å². The number of nitrogens with two attached hydrogens (primary N) is 1. The van der Waals surface area contributed by atoms with Crippen molar-refractivity contribution in [1.29, 1.82) is 0 Å². The number of nitrogen functional groups attached to an aromatic ring is 1. The van der Waals surface area contributed by atoms with E-state index in [0.29, 0.717) is 11.4 Å². The number of benzene rings is 2. The van der Waals surface area contributed by atoms with Crippen molar-refractivity contribution in [2.24, 2.45) is 0 Å². The van der Waals surface area contributed by atoms with Crippen molar-refractivity contribution in [2.75, 3.05) is 5.73 Å². The lowest BCUT2D eigenvalue weighted by molar-refractivity contribution is 0.682. The van der Waals surface area contributed by atoms with Gasteiger partial charge in [-0.3, -0.25) is 4.21 Å². The molecule has 19 heavy (non-hydrogen) atoms. The summed E-state index contributed by atoms with van der Waals surface area (Å²) < 4.78 is 13.2. The molecule has 0 fully saturated rings. The lowest BCUT2D eigenvalue weighted by Crippen LogP contribution is -1.99. The quantitative estimate of drug-likeness (QED) is 0.861. The second kappa shape index (κ2) is 5.88. The molecular weight excluding hydrogens is 322 g/mol. The van der Waals surface area contributed by atoms with E-state index in [1.807, 2.05) is 43.3 Å². The van der Waals surface area contributed by atoms with Crippen molar-refractivity contribution < 1.29 is 4.21 Å². The Morgan fingerprint density at radius 1 is 1.11 bits per heavy atom. The molecule has 0 bridgehead atoms. The van der Waals surface area contributed by atoms with Gasteiger partial charge in [0.2, 0.25) is 0 Å². The van der Waals surface area contributed by atoms with Crippen LogP contribution in [0, 0.1) is 13.8 Å². The second-order valence-electron chi connectivity index (χ2n) is 4.59. The number of hydrogen-bond acceptors (Lipinski definition) is 2. The molecule has 0 aliphatic rings. The van der Waals surface area contributed by atoms with E-state index < -0.39 is 10.8 Å². The SMILES string of the molecule is Cc1ccc(S(=O)Cc2ccc(Br)c(N)c2)cc1C. The fraction of sp³-hybridized carbons (Fsp3) is 0.200. The average Bonchev–Trinajstić information content (AvgIpc) is 2.37. The Morgan fingerprint density at radius 3 is 2.47 bits per heavy atom. The molecule has 0 saturated heterocycles. The highest BCUT2D eigenvalue weighted by Gasteiger charge is 2.07. The third-order valence-electron chi connectivity index (χ3n) is 3.10. The van der Waals surface area contributed by atoms with E-state index in [-0.39, 0.29) is 0 Å². The van der Waals surface area contributed by atoms with E-state index in [2.05, 4.69) is 22.9 Å². The van der Waals surface area contributed by atoms with Crippen LogP contribution < -0.4 is 5.73 Å². The maximum Gasteiger partial charge on any atom is 0.0574 e. The van der Waals surface area contributed by atoms with Crippen LogP contribution in [0.25, 0.3) is 0 Å². The van der Waals surface area contributed by atoms with Gasteiger partial charge < -0.3 is 5.73 Å². The molecule has 0 aliphatic carbocycles. The van der Waals surface area contributed by atoms with Gasteiger partial charge in [0.1, 0.15) is 0 Å². The van der Waals surface area contributed by atoms with Crippen LogP contribution >= 0.6 is 15.9 Å². The molecular formula is C15H16BrNOS. The van der Waals surface area contributed by atoms with Gasteiger partial charge in [0.15, 0.2) is 0 Å². The predicted octanol–water partition coefficient (Wildman–Crippen LogP) is 3.96. The summed E-state index contributed by atoms with van der Waals surface area (Å²) in [5.74, 6) is 0.486. The molecule has 2 aromatic carbocycles. The van der Waals surface area contributed by atoms with Crippen LogP contribution in [0.5, 0.6) is 0 Å². The standard InChI is InChI=1S/C15H16BrNOS/c1-10-3-5-13(7-11(10)2)19(18)9-12-4-6-14(16)15(17)8-12/h3-8H,9,17H2,1-2H3. The summed E-state index contributed by atoms with van der Waals surface area (Å²) in [6, 6.07) is 11.6. The van der Waals surface area contributed by atoms with Crippen LogP contribution in [-0.2, 0) is 16.6 Å². The summed E-state index contributed by atoms with van der Waals surface area (Å²) in [5, 5.41) is 0. The summed E-state index contributed by atoms with van der Waals surface area (Å²) in [5.41, 5.74) is 9.88. The maximum atomic E-state index is 12.3. The van der Waals surface area contributed by atoms with Gasteiger partial charge in [0.25, 0.3) is 0 Å². The summed E-state index contributed by atoms with van der Waals surface area (Å²) in [6.45, 7) is 4.09. The van der Waals surface area contributed by atoms with Crippen LogP contribution in [0.3, 0.4) is 0 Å². The minimum atomic E-state index is -1.04. The fourth-order valence-corrected chi connectivity index (χ4v) is 3.20. The Balaban J connectivity index is 2.20. The van der Waals surface area contributed by atoms with Gasteiger partial charge in [0.05, 0.1) is 16.6 Å². The van der Waals surface area contributed by atoms with Crippen molar-refractivity contribution in [3.05, 3.63) is 57.6 Å². The second-order valence-corrected chi connectivity index (χ2v) is 6.90. The van der Waals surface area contributed by atoms with Gasteiger partial charge in [-0.15, -0.1) is 0 Å². The monoisotopic (exact) mass is 337 g/mol. The van der Waals surface area contributed by atoms with Gasteiger partial charge in [0, 0.05) is 15.1 Å². The average molecular weight is 338 g/mol. The van der Waals surface area contributed by atoms with Crippen LogP contribution in [0.4, 0.5) is 5.69 Å². The summed E-state index contributed by atoms with van der Waals surface area (Å²) in [7, 11) is -1.04. The molecule has 100 valence electrons. The molecule has 0 spiro atoms. The molecule has 2 aromatic rings. The molecule has 0 saturated carbocycles. The highest BCUT2D eigenvalue weighted by Crippen LogP contribution is 2.22. The van der Waals surface area contributed by atoms with Crippen molar-refractivity contribution in [3.8, 4) is 0 Å². The Kier molecular flexibility index (Phi) is 4.42. The first kappa shape index (κ1) is 14.3. The largest absolute Gasteiger partial charge is 0.398 e. The third kappa shape index (κ3) is 3.45. The zero-order valence-electron chi connectivity index (χ0n) is 10.9. The minimum absolute atomic E-state index is 0.486. The summed E-state index contributed by atoms with van der Waals surface area (Å²) in [6.07, 6.45) is 0. The smallest absolute Gasteiger partial charge is 0.0574 e. The Bertz CT molecular complexity index is 640. The first-order valence-electron chi connectivity index (χ1n) is 5.97. The summed E-state index contributed by atoms with van der Waals surface area (Å²) >= 11 is 3.36. The van der Waals surface area contributed by atoms with E-state index in [1.54, 1.807) is 0 Å². The van der Waals surface area contributed by atoms with Crippen molar-refractivity contribution >= 4 is 32.4 Å². The molecule has 2 nitrogen and oxygen atoms in total. The molecule has 1 unspecified atom stereocenters. The van der Waals surface area contributed by atoms with Gasteiger partial charge in [-0.2, -0.15) is 0 Å². The van der Waals surface area contributed by atoms with Crippen LogP contribution in [0.1, 0.15) is 16.7 Å². The molecule has 0 aliphatic heterocycles. The molecule has 0 amide bonds. The lowest BCUT2D eigenvalue weighted by atomic mass is 10.1. The Morgan fingerprint density at radius 2 is 1.84 bits per heavy atom. The number of rotatable bonds is 3. The molecule has 2 N–H and O–H groups in total. The molecule has 0 radical (unpaired) electrons. The molecule has 0 aromatic heterocycles. The highest BCUT2D eigenvalue weighted by molar-refractivity contribution is 9.10. The fourth-order valence-electron chi connectivity index (χ4n) is 1.77. The molecule has 4 heteroatoms. The number of aryl methyl sites for hydroxylation is 2. The Hall–Kier alpha value is -1.13. The zero-order valence-corrected chi connectivity index (χ0v) is 13.3. The zero-order chi connectivity index (χ0) is 14.0. The number of hydrogen-bond donors (Lipinski definition) is 1. The minimum Gasteiger partial charge on any atom is -0.398 e. The van der Waals surface area contributed by atoms with E-state index in [1.165, 1.54) is 11.1 Å². The summed E-state index contributed by atoms with van der Waals surface area (Å²) in [4.78, 5) is 0.865. The number of halogens is 1. The normalized spacial score (nSPS) is 12.4. The van der Waals surface area contributed by atoms with Crippen LogP contribution in [-0.4, -0.2) is 4.21 Å². The first-order valence-corrected chi connectivity index (χ1v) is 8.08. The predicted molar refractivity (Wildman–Crippen MR) is 84.6 cm³/mol. The van der Waals surface area contributed by atoms with Gasteiger partial charge in [-0.05, 0) is 70.7 Å².